The average Bonchev–Trinajstić information content (AvgIpc) is 2.60. The number of carbonyl (C=O) groups is 4. The number of carboxylic acid groups (broad SMARTS) is 1. The first-order valence-electron chi connectivity index (χ1n) is 7.26. The molecule has 0 atom stereocenters. The number of hydrogen-bond acceptors (Lipinski definition) is 8. The summed E-state index contributed by atoms with van der Waals surface area (Å²) in [6, 6.07) is 6.07. The summed E-state index contributed by atoms with van der Waals surface area (Å²) < 4.78 is 18.2. The summed E-state index contributed by atoms with van der Waals surface area (Å²) >= 11 is 0. The second-order valence-corrected chi connectivity index (χ2v) is 4.46. The van der Waals surface area contributed by atoms with Crippen LogP contribution in [0.1, 0.15) is 34.6 Å². The molecule has 10 nitrogen and oxygen atoms in total. The molecule has 0 spiro atoms. The van der Waals surface area contributed by atoms with Crippen molar-refractivity contribution in [2.75, 3.05) is 27.4 Å². The van der Waals surface area contributed by atoms with Crippen molar-refractivity contribution in [3.05, 3.63) is 35.4 Å². The number of benzene rings is 1. The van der Waals surface area contributed by atoms with Crippen LogP contribution in [-0.2, 0) is 28.5 Å². The minimum atomic E-state index is -1.10. The quantitative estimate of drug-likeness (QED) is 0.385. The second kappa shape index (κ2) is 13.3. The van der Waals surface area contributed by atoms with Crippen LogP contribution in [0.3, 0.4) is 0 Å². The summed E-state index contributed by atoms with van der Waals surface area (Å²) in [5, 5.41) is 11.1. The summed E-state index contributed by atoms with van der Waals surface area (Å²) in [7, 11) is 1.46. The second-order valence-electron chi connectivity index (χ2n) is 4.46. The van der Waals surface area contributed by atoms with Gasteiger partial charge in [-0.1, -0.05) is 12.1 Å². The van der Waals surface area contributed by atoms with Gasteiger partial charge in [0.15, 0.2) is 20.4 Å². The Morgan fingerprint density at radius 3 is 1.73 bits per heavy atom. The first-order valence-corrected chi connectivity index (χ1v) is 7.26. The van der Waals surface area contributed by atoms with Gasteiger partial charge in [0.25, 0.3) is 5.91 Å². The molecule has 0 aliphatic heterocycles. The van der Waals surface area contributed by atoms with Gasteiger partial charge >= 0.3 is 17.9 Å². The lowest BCUT2D eigenvalue weighted by molar-refractivity contribution is -0.184. The van der Waals surface area contributed by atoms with Crippen molar-refractivity contribution in [3.8, 4) is 0 Å². The van der Waals surface area contributed by atoms with Crippen LogP contribution < -0.4 is 5.32 Å². The van der Waals surface area contributed by atoms with Gasteiger partial charge in [0.2, 0.25) is 0 Å². The molecule has 0 radical (unpaired) electrons. The van der Waals surface area contributed by atoms with Crippen LogP contribution in [-0.4, -0.2) is 56.3 Å². The van der Waals surface area contributed by atoms with E-state index < -0.39 is 23.8 Å². The fraction of sp³-hybridized carbons (Fsp3) is 0.375. The average molecular weight is 371 g/mol. The maximum absolute atomic E-state index is 11.2. The molecule has 0 aromatic heterocycles. The number of aromatic carboxylic acids is 1. The summed E-state index contributed by atoms with van der Waals surface area (Å²) in [5.74, 6) is -2.35. The van der Waals surface area contributed by atoms with Gasteiger partial charge in [-0.2, -0.15) is 0 Å². The van der Waals surface area contributed by atoms with Crippen molar-refractivity contribution in [2.24, 2.45) is 0 Å². The third kappa shape index (κ3) is 10.7. The van der Waals surface area contributed by atoms with Crippen LogP contribution in [0.4, 0.5) is 0 Å². The van der Waals surface area contributed by atoms with Crippen molar-refractivity contribution in [1.29, 1.82) is 0 Å². The molecule has 1 aromatic rings. The maximum atomic E-state index is 11.2. The summed E-state index contributed by atoms with van der Waals surface area (Å²) in [4.78, 5) is 42.2. The van der Waals surface area contributed by atoms with E-state index in [0.717, 1.165) is 0 Å². The van der Waals surface area contributed by atoms with Crippen molar-refractivity contribution in [2.45, 2.75) is 13.8 Å². The highest BCUT2D eigenvalue weighted by Crippen LogP contribution is 2.07. The molecule has 144 valence electrons. The third-order valence-corrected chi connectivity index (χ3v) is 2.49. The van der Waals surface area contributed by atoms with Gasteiger partial charge in [-0.15, -0.1) is 0 Å². The zero-order valence-corrected chi connectivity index (χ0v) is 14.6. The largest absolute Gasteiger partial charge is 0.478 e. The number of esters is 2. The maximum Gasteiger partial charge on any atom is 0.336 e. The van der Waals surface area contributed by atoms with Gasteiger partial charge < -0.3 is 29.4 Å². The van der Waals surface area contributed by atoms with E-state index in [1.54, 1.807) is 12.1 Å². The number of ether oxygens (including phenoxy) is 4. The fourth-order valence-corrected chi connectivity index (χ4v) is 1.38. The van der Waals surface area contributed by atoms with Gasteiger partial charge in [0.1, 0.15) is 0 Å². The smallest absolute Gasteiger partial charge is 0.336 e. The molecule has 1 aromatic carbocycles. The van der Waals surface area contributed by atoms with Crippen LogP contribution in [0.25, 0.3) is 0 Å². The molecule has 26 heavy (non-hydrogen) atoms. The van der Waals surface area contributed by atoms with Gasteiger partial charge in [-0.05, 0) is 12.1 Å². The van der Waals surface area contributed by atoms with Crippen molar-refractivity contribution in [3.63, 3.8) is 0 Å². The van der Waals surface area contributed by atoms with Gasteiger partial charge in [0.05, 0.1) is 11.1 Å². The standard InChI is InChI=1S/C9H9NO3.C7H12O6/c1-10-8(11)6-4-2-3-5-7(6)9(12)13;1-6(8)12-4-10-3-11-5-13-7(2)9/h2-5H,1H3,(H,10,11)(H,12,13);3-5H2,1-2H3. The number of hydrogen-bond donors (Lipinski definition) is 2. The third-order valence-electron chi connectivity index (χ3n) is 2.49. The van der Waals surface area contributed by atoms with E-state index in [1.807, 2.05) is 0 Å². The Morgan fingerprint density at radius 2 is 1.35 bits per heavy atom. The van der Waals surface area contributed by atoms with Crippen molar-refractivity contribution >= 4 is 23.8 Å². The Kier molecular flexibility index (Phi) is 11.8. The number of nitrogens with one attached hydrogen (secondary N) is 1. The Hall–Kier alpha value is -2.98. The molecule has 2 N–H and O–H groups in total. The van der Waals surface area contributed by atoms with Gasteiger partial charge in [-0.3, -0.25) is 14.4 Å². The monoisotopic (exact) mass is 371 g/mol. The van der Waals surface area contributed by atoms with Crippen LogP contribution in [0.15, 0.2) is 24.3 Å². The van der Waals surface area contributed by atoms with E-state index in [-0.39, 0.29) is 31.5 Å². The molecular weight excluding hydrogens is 350 g/mol. The number of carbonyl (C=O) groups excluding carboxylic acids is 3. The van der Waals surface area contributed by atoms with Gasteiger partial charge in [-0.25, -0.2) is 4.79 Å². The number of amides is 1. The van der Waals surface area contributed by atoms with Crippen LogP contribution in [0.2, 0.25) is 0 Å². The van der Waals surface area contributed by atoms with Crippen LogP contribution >= 0.6 is 0 Å². The minimum Gasteiger partial charge on any atom is -0.478 e. The lowest BCUT2D eigenvalue weighted by atomic mass is 10.1. The molecule has 0 bridgehead atoms. The Labute approximate surface area is 150 Å². The van der Waals surface area contributed by atoms with Crippen molar-refractivity contribution < 1.29 is 43.2 Å². The Morgan fingerprint density at radius 1 is 0.885 bits per heavy atom. The van der Waals surface area contributed by atoms with E-state index >= 15 is 0 Å². The van der Waals surface area contributed by atoms with Crippen LogP contribution in [0.5, 0.6) is 0 Å². The van der Waals surface area contributed by atoms with E-state index in [1.165, 1.54) is 33.0 Å². The van der Waals surface area contributed by atoms with E-state index in [0.29, 0.717) is 0 Å². The topological polar surface area (TPSA) is 137 Å². The first-order chi connectivity index (χ1) is 12.3. The lowest BCUT2D eigenvalue weighted by Crippen LogP contribution is -2.20. The molecule has 0 aliphatic carbocycles. The SMILES string of the molecule is CC(=O)OCOCOCOC(C)=O.CNC(=O)c1ccccc1C(=O)O. The fourth-order valence-electron chi connectivity index (χ4n) is 1.38. The van der Waals surface area contributed by atoms with E-state index in [9.17, 15) is 19.2 Å². The molecule has 0 saturated carbocycles. The summed E-state index contributed by atoms with van der Waals surface area (Å²) in [6.07, 6.45) is 0. The first kappa shape index (κ1) is 23.0. The lowest BCUT2D eigenvalue weighted by Gasteiger charge is -2.05. The van der Waals surface area contributed by atoms with E-state index in [2.05, 4.69) is 24.3 Å². The molecule has 0 unspecified atom stereocenters. The molecule has 1 amide bonds. The molecule has 0 saturated heterocycles. The number of carboxylic acids is 1. The molecular formula is C16H21NO9. The van der Waals surface area contributed by atoms with Crippen molar-refractivity contribution in [1.82, 2.24) is 5.32 Å². The summed E-state index contributed by atoms with van der Waals surface area (Å²) in [5.41, 5.74) is 0.194. The van der Waals surface area contributed by atoms with Gasteiger partial charge in [0, 0.05) is 20.9 Å². The van der Waals surface area contributed by atoms with E-state index in [4.69, 9.17) is 5.11 Å². The number of rotatable bonds is 8. The Bertz CT molecular complexity index is 597. The molecule has 10 heteroatoms. The molecule has 0 fully saturated rings. The summed E-state index contributed by atoms with van der Waals surface area (Å²) in [6.45, 7) is 2.09. The van der Waals surface area contributed by atoms with Crippen LogP contribution in [0, 0.1) is 0 Å². The zero-order valence-electron chi connectivity index (χ0n) is 14.6. The molecule has 0 heterocycles. The Balaban J connectivity index is 0.000000481. The molecule has 0 aliphatic rings. The highest BCUT2D eigenvalue weighted by molar-refractivity contribution is 6.04. The highest BCUT2D eigenvalue weighted by Gasteiger charge is 2.13. The minimum absolute atomic E-state index is 0.0156. The zero-order chi connectivity index (χ0) is 19.9. The molecule has 1 rings (SSSR count). The predicted molar refractivity (Wildman–Crippen MR) is 87.1 cm³/mol. The predicted octanol–water partition coefficient (Wildman–Crippen LogP) is 0.763. The normalized spacial score (nSPS) is 9.35. The highest BCUT2D eigenvalue weighted by atomic mass is 16.8.